The van der Waals surface area contributed by atoms with E-state index in [2.05, 4.69) is 15.6 Å². The topological polar surface area (TPSA) is 54.5 Å². The van der Waals surface area contributed by atoms with Gasteiger partial charge in [0, 0.05) is 29.7 Å². The van der Waals surface area contributed by atoms with Crippen LogP contribution >= 0.6 is 11.3 Å². The predicted molar refractivity (Wildman–Crippen MR) is 115 cm³/mol. The molecule has 1 aliphatic heterocycles. The first kappa shape index (κ1) is 18.5. The van der Waals surface area contributed by atoms with Crippen LogP contribution in [0, 0.1) is 0 Å². The van der Waals surface area contributed by atoms with Crippen molar-refractivity contribution in [1.29, 1.82) is 0 Å². The summed E-state index contributed by atoms with van der Waals surface area (Å²) in [5, 5.41) is 6.13. The SMILES string of the molecule is COc1ccccc1C(=O)Nc1cccc(-c2csc(N3CCCCC3)n2)c1. The number of carbonyl (C=O) groups is 1. The fourth-order valence-electron chi connectivity index (χ4n) is 3.41. The van der Waals surface area contributed by atoms with E-state index in [9.17, 15) is 4.79 Å². The molecular formula is C22H23N3O2S. The largest absolute Gasteiger partial charge is 0.496 e. The summed E-state index contributed by atoms with van der Waals surface area (Å²) in [4.78, 5) is 19.8. The lowest BCUT2D eigenvalue weighted by atomic mass is 10.1. The number of amides is 1. The van der Waals surface area contributed by atoms with Crippen LogP contribution in [0.15, 0.2) is 53.9 Å². The summed E-state index contributed by atoms with van der Waals surface area (Å²) < 4.78 is 5.28. The van der Waals surface area contributed by atoms with Gasteiger partial charge in [0.1, 0.15) is 5.75 Å². The van der Waals surface area contributed by atoms with Crippen molar-refractivity contribution in [3.63, 3.8) is 0 Å². The molecular weight excluding hydrogens is 370 g/mol. The molecule has 1 aliphatic rings. The van der Waals surface area contributed by atoms with Crippen molar-refractivity contribution >= 4 is 28.1 Å². The number of nitrogens with zero attached hydrogens (tertiary/aromatic N) is 2. The molecule has 1 saturated heterocycles. The number of piperidine rings is 1. The van der Waals surface area contributed by atoms with Crippen molar-refractivity contribution in [2.24, 2.45) is 0 Å². The molecule has 4 rings (SSSR count). The maximum Gasteiger partial charge on any atom is 0.259 e. The average molecular weight is 394 g/mol. The number of nitrogens with one attached hydrogen (secondary N) is 1. The first-order valence-corrected chi connectivity index (χ1v) is 10.4. The van der Waals surface area contributed by atoms with Crippen LogP contribution in [0.5, 0.6) is 5.75 Å². The second-order valence-electron chi connectivity index (χ2n) is 6.80. The quantitative estimate of drug-likeness (QED) is 0.658. The van der Waals surface area contributed by atoms with Crippen molar-refractivity contribution in [2.75, 3.05) is 30.4 Å². The zero-order valence-corrected chi connectivity index (χ0v) is 16.7. The third-order valence-electron chi connectivity index (χ3n) is 4.89. The Hall–Kier alpha value is -2.86. The van der Waals surface area contributed by atoms with Gasteiger partial charge in [-0.25, -0.2) is 4.98 Å². The van der Waals surface area contributed by atoms with E-state index in [4.69, 9.17) is 9.72 Å². The van der Waals surface area contributed by atoms with Gasteiger partial charge in [-0.2, -0.15) is 0 Å². The summed E-state index contributed by atoms with van der Waals surface area (Å²) in [6.45, 7) is 2.17. The van der Waals surface area contributed by atoms with Crippen LogP contribution in [0.2, 0.25) is 0 Å². The molecule has 6 heteroatoms. The molecule has 1 N–H and O–H groups in total. The summed E-state index contributed by atoms with van der Waals surface area (Å²) in [6.07, 6.45) is 3.78. The fraction of sp³-hybridized carbons (Fsp3) is 0.273. The van der Waals surface area contributed by atoms with Crippen molar-refractivity contribution in [1.82, 2.24) is 4.98 Å². The molecule has 0 saturated carbocycles. The van der Waals surface area contributed by atoms with Gasteiger partial charge in [-0.3, -0.25) is 4.79 Å². The first-order valence-electron chi connectivity index (χ1n) is 9.50. The molecule has 0 atom stereocenters. The number of hydrogen-bond donors (Lipinski definition) is 1. The Labute approximate surface area is 169 Å². The lowest BCUT2D eigenvalue weighted by molar-refractivity contribution is 0.102. The Balaban J connectivity index is 1.52. The van der Waals surface area contributed by atoms with E-state index in [1.165, 1.54) is 19.3 Å². The van der Waals surface area contributed by atoms with Gasteiger partial charge < -0.3 is 15.0 Å². The molecule has 0 bridgehead atoms. The van der Waals surface area contributed by atoms with Crippen molar-refractivity contribution in [2.45, 2.75) is 19.3 Å². The lowest BCUT2D eigenvalue weighted by Crippen LogP contribution is -2.29. The van der Waals surface area contributed by atoms with E-state index in [1.807, 2.05) is 36.4 Å². The van der Waals surface area contributed by atoms with E-state index in [1.54, 1.807) is 30.6 Å². The Morgan fingerprint density at radius 2 is 1.93 bits per heavy atom. The molecule has 0 unspecified atom stereocenters. The van der Waals surface area contributed by atoms with Gasteiger partial charge in [-0.05, 0) is 43.5 Å². The number of aromatic nitrogens is 1. The number of rotatable bonds is 5. The highest BCUT2D eigenvalue weighted by Gasteiger charge is 2.16. The molecule has 0 spiro atoms. The number of anilines is 2. The molecule has 2 heterocycles. The minimum atomic E-state index is -0.193. The van der Waals surface area contributed by atoms with Crippen LogP contribution in [-0.2, 0) is 0 Å². The zero-order chi connectivity index (χ0) is 19.3. The van der Waals surface area contributed by atoms with E-state index in [-0.39, 0.29) is 5.91 Å². The summed E-state index contributed by atoms with van der Waals surface area (Å²) in [7, 11) is 1.56. The van der Waals surface area contributed by atoms with Gasteiger partial charge in [0.25, 0.3) is 5.91 Å². The predicted octanol–water partition coefficient (Wildman–Crippen LogP) is 5.06. The van der Waals surface area contributed by atoms with E-state index in [0.717, 1.165) is 35.2 Å². The molecule has 28 heavy (non-hydrogen) atoms. The van der Waals surface area contributed by atoms with Crippen LogP contribution in [0.3, 0.4) is 0 Å². The number of methoxy groups -OCH3 is 1. The maximum absolute atomic E-state index is 12.6. The average Bonchev–Trinajstić information content (AvgIpc) is 3.25. The smallest absolute Gasteiger partial charge is 0.259 e. The molecule has 0 radical (unpaired) electrons. The van der Waals surface area contributed by atoms with Crippen molar-refractivity contribution < 1.29 is 9.53 Å². The Bertz CT molecular complexity index is 964. The number of thiazole rings is 1. The van der Waals surface area contributed by atoms with Gasteiger partial charge >= 0.3 is 0 Å². The molecule has 144 valence electrons. The minimum absolute atomic E-state index is 0.193. The van der Waals surface area contributed by atoms with E-state index >= 15 is 0 Å². The zero-order valence-electron chi connectivity index (χ0n) is 15.9. The Morgan fingerprint density at radius 3 is 2.75 bits per heavy atom. The molecule has 1 fully saturated rings. The van der Waals surface area contributed by atoms with Crippen LogP contribution in [0.4, 0.5) is 10.8 Å². The number of benzene rings is 2. The van der Waals surface area contributed by atoms with Crippen molar-refractivity contribution in [3.8, 4) is 17.0 Å². The summed E-state index contributed by atoms with van der Waals surface area (Å²) in [5.41, 5.74) is 3.19. The highest BCUT2D eigenvalue weighted by Crippen LogP contribution is 2.30. The third kappa shape index (κ3) is 4.02. The second-order valence-corrected chi connectivity index (χ2v) is 7.63. The molecule has 1 amide bonds. The maximum atomic E-state index is 12.6. The van der Waals surface area contributed by atoms with Gasteiger partial charge in [-0.15, -0.1) is 11.3 Å². The Morgan fingerprint density at radius 1 is 1.11 bits per heavy atom. The summed E-state index contributed by atoms with van der Waals surface area (Å²) >= 11 is 1.68. The minimum Gasteiger partial charge on any atom is -0.496 e. The summed E-state index contributed by atoms with van der Waals surface area (Å²) in [6, 6.07) is 15.0. The molecule has 0 aliphatic carbocycles. The van der Waals surface area contributed by atoms with Crippen LogP contribution in [0.1, 0.15) is 29.6 Å². The normalized spacial score (nSPS) is 14.0. The van der Waals surface area contributed by atoms with E-state index < -0.39 is 0 Å². The van der Waals surface area contributed by atoms with Gasteiger partial charge in [0.15, 0.2) is 5.13 Å². The van der Waals surface area contributed by atoms with Crippen LogP contribution in [-0.4, -0.2) is 31.1 Å². The lowest BCUT2D eigenvalue weighted by Gasteiger charge is -2.25. The molecule has 1 aromatic heterocycles. The molecule has 3 aromatic rings. The third-order valence-corrected chi connectivity index (χ3v) is 5.79. The monoisotopic (exact) mass is 393 g/mol. The number of ether oxygens (including phenoxy) is 1. The van der Waals surface area contributed by atoms with Gasteiger partial charge in [0.05, 0.1) is 18.4 Å². The number of hydrogen-bond acceptors (Lipinski definition) is 5. The second kappa shape index (κ2) is 8.44. The summed E-state index contributed by atoms with van der Waals surface area (Å²) in [5.74, 6) is 0.365. The molecule has 2 aromatic carbocycles. The standard InChI is InChI=1S/C22H23N3O2S/c1-27-20-11-4-3-10-18(20)21(26)23-17-9-7-8-16(14-17)19-15-28-22(24-19)25-12-5-2-6-13-25/h3-4,7-11,14-15H,2,5-6,12-13H2,1H3,(H,23,26). The van der Waals surface area contributed by atoms with Gasteiger partial charge in [0.2, 0.25) is 0 Å². The van der Waals surface area contributed by atoms with Crippen LogP contribution < -0.4 is 15.0 Å². The van der Waals surface area contributed by atoms with Crippen molar-refractivity contribution in [3.05, 3.63) is 59.5 Å². The fourth-order valence-corrected chi connectivity index (χ4v) is 4.30. The number of carbonyl (C=O) groups excluding carboxylic acids is 1. The van der Waals surface area contributed by atoms with Crippen LogP contribution in [0.25, 0.3) is 11.3 Å². The van der Waals surface area contributed by atoms with Gasteiger partial charge in [-0.1, -0.05) is 24.3 Å². The number of para-hydroxylation sites is 1. The van der Waals surface area contributed by atoms with E-state index in [0.29, 0.717) is 11.3 Å². The molecule has 5 nitrogen and oxygen atoms in total. The Kier molecular flexibility index (Phi) is 5.58. The highest BCUT2D eigenvalue weighted by molar-refractivity contribution is 7.14. The first-order chi connectivity index (χ1) is 13.7. The highest BCUT2D eigenvalue weighted by atomic mass is 32.1.